The maximum absolute atomic E-state index is 12.9. The minimum absolute atomic E-state index is 0.102. The number of halogens is 3. The van der Waals surface area contributed by atoms with Gasteiger partial charge in [-0.25, -0.2) is 9.82 Å². The molecule has 0 heterocycles. The lowest BCUT2D eigenvalue weighted by Crippen LogP contribution is -2.19. The number of hydrogen-bond acceptors (Lipinski definition) is 3. The Kier molecular flexibility index (Phi) is 7.22. The maximum atomic E-state index is 12.9. The van der Waals surface area contributed by atoms with E-state index >= 15 is 0 Å². The normalized spacial score (nSPS) is 10.9. The van der Waals surface area contributed by atoms with Gasteiger partial charge >= 0.3 is 0 Å². The number of hydrogen-bond donors (Lipinski definition) is 1. The number of hydrazone groups is 1. The fourth-order valence-corrected chi connectivity index (χ4v) is 2.98. The van der Waals surface area contributed by atoms with Crippen molar-refractivity contribution in [2.75, 3.05) is 0 Å². The van der Waals surface area contributed by atoms with Gasteiger partial charge in [0.2, 0.25) is 5.91 Å². The summed E-state index contributed by atoms with van der Waals surface area (Å²) in [6.45, 7) is 0.262. The van der Waals surface area contributed by atoms with E-state index in [1.54, 1.807) is 36.4 Å². The number of benzene rings is 3. The van der Waals surface area contributed by atoms with Crippen LogP contribution in [0.4, 0.5) is 4.39 Å². The summed E-state index contributed by atoms with van der Waals surface area (Å²) in [5.74, 6) is -0.0575. The molecule has 3 rings (SSSR count). The molecule has 0 aliphatic heterocycles. The lowest BCUT2D eigenvalue weighted by atomic mass is 10.1. The summed E-state index contributed by atoms with van der Waals surface area (Å²) in [5, 5.41) is 5.06. The van der Waals surface area contributed by atoms with Gasteiger partial charge in [0, 0.05) is 21.2 Å². The number of amides is 1. The van der Waals surface area contributed by atoms with Gasteiger partial charge < -0.3 is 4.74 Å². The van der Waals surface area contributed by atoms with Crippen LogP contribution >= 0.6 is 23.2 Å². The highest BCUT2D eigenvalue weighted by Crippen LogP contribution is 2.23. The number of ether oxygens (including phenoxy) is 1. The van der Waals surface area contributed by atoms with Crippen molar-refractivity contribution in [3.63, 3.8) is 0 Å². The first-order valence-corrected chi connectivity index (χ1v) is 9.49. The molecule has 4 nitrogen and oxygen atoms in total. The molecule has 7 heteroatoms. The molecule has 29 heavy (non-hydrogen) atoms. The Labute approximate surface area is 177 Å². The van der Waals surface area contributed by atoms with Crippen LogP contribution in [0.25, 0.3) is 0 Å². The molecule has 0 aromatic heterocycles. The molecule has 148 valence electrons. The van der Waals surface area contributed by atoms with Crippen LogP contribution in [0, 0.1) is 5.82 Å². The van der Waals surface area contributed by atoms with Gasteiger partial charge in [0.15, 0.2) is 0 Å². The molecule has 0 aliphatic carbocycles. The number of para-hydroxylation sites is 1. The molecule has 0 bridgehead atoms. The number of carbonyl (C=O) groups excluding carboxylic acids is 1. The molecular weight excluding hydrogens is 414 g/mol. The Hall–Kier alpha value is -2.89. The van der Waals surface area contributed by atoms with Crippen LogP contribution in [0.2, 0.25) is 10.0 Å². The summed E-state index contributed by atoms with van der Waals surface area (Å²) >= 11 is 12.1. The van der Waals surface area contributed by atoms with Crippen LogP contribution in [0.3, 0.4) is 0 Å². The highest BCUT2D eigenvalue weighted by Gasteiger charge is 2.06. The van der Waals surface area contributed by atoms with E-state index in [1.807, 2.05) is 18.2 Å². The standard InChI is InChI=1S/C22H17Cl2FN2O2/c23-18-8-7-17(20(24)12-18)14-29-21-4-2-1-3-16(21)13-26-27-22(28)11-15-5-9-19(25)10-6-15/h1-10,12-13H,11,14H2,(H,27,28)/b26-13+. The van der Waals surface area contributed by atoms with Crippen molar-refractivity contribution < 1.29 is 13.9 Å². The zero-order chi connectivity index (χ0) is 20.6. The smallest absolute Gasteiger partial charge is 0.244 e. The van der Waals surface area contributed by atoms with E-state index in [-0.39, 0.29) is 24.8 Å². The van der Waals surface area contributed by atoms with Crippen LogP contribution in [0.15, 0.2) is 71.8 Å². The Morgan fingerprint density at radius 3 is 2.59 bits per heavy atom. The molecule has 0 radical (unpaired) electrons. The third-order valence-electron chi connectivity index (χ3n) is 3.99. The van der Waals surface area contributed by atoms with Crippen LogP contribution in [-0.2, 0) is 17.8 Å². The maximum Gasteiger partial charge on any atom is 0.244 e. The Morgan fingerprint density at radius 2 is 1.83 bits per heavy atom. The minimum Gasteiger partial charge on any atom is -0.488 e. The summed E-state index contributed by atoms with van der Waals surface area (Å²) in [7, 11) is 0. The van der Waals surface area contributed by atoms with Crippen molar-refractivity contribution in [1.82, 2.24) is 5.43 Å². The zero-order valence-electron chi connectivity index (χ0n) is 15.2. The lowest BCUT2D eigenvalue weighted by molar-refractivity contribution is -0.120. The van der Waals surface area contributed by atoms with E-state index in [1.165, 1.54) is 18.3 Å². The fraction of sp³-hybridized carbons (Fsp3) is 0.0909. The van der Waals surface area contributed by atoms with Crippen LogP contribution < -0.4 is 10.2 Å². The Morgan fingerprint density at radius 1 is 1.07 bits per heavy atom. The molecule has 1 amide bonds. The molecule has 0 saturated carbocycles. The SMILES string of the molecule is O=C(Cc1ccc(F)cc1)N/N=C/c1ccccc1OCc1ccc(Cl)cc1Cl. The van der Waals surface area contributed by atoms with Gasteiger partial charge in [0.25, 0.3) is 0 Å². The average molecular weight is 431 g/mol. The van der Waals surface area contributed by atoms with Crippen LogP contribution in [0.1, 0.15) is 16.7 Å². The first-order chi connectivity index (χ1) is 14.0. The largest absolute Gasteiger partial charge is 0.488 e. The van der Waals surface area contributed by atoms with E-state index < -0.39 is 0 Å². The molecule has 0 atom stereocenters. The fourth-order valence-electron chi connectivity index (χ4n) is 2.51. The monoisotopic (exact) mass is 430 g/mol. The molecular formula is C22H17Cl2FN2O2. The van der Waals surface area contributed by atoms with E-state index in [2.05, 4.69) is 10.5 Å². The highest BCUT2D eigenvalue weighted by atomic mass is 35.5. The van der Waals surface area contributed by atoms with Crippen molar-refractivity contribution in [3.05, 3.63) is 99.3 Å². The Bertz CT molecular complexity index is 1020. The van der Waals surface area contributed by atoms with Gasteiger partial charge in [-0.05, 0) is 42.0 Å². The first-order valence-electron chi connectivity index (χ1n) is 8.73. The molecule has 1 N–H and O–H groups in total. The van der Waals surface area contributed by atoms with Crippen molar-refractivity contribution in [2.45, 2.75) is 13.0 Å². The number of rotatable bonds is 7. The molecule has 0 saturated heterocycles. The average Bonchev–Trinajstić information content (AvgIpc) is 2.70. The molecule has 0 unspecified atom stereocenters. The second-order valence-electron chi connectivity index (χ2n) is 6.16. The minimum atomic E-state index is -0.344. The molecule has 0 aliphatic rings. The van der Waals surface area contributed by atoms with Gasteiger partial charge in [0.1, 0.15) is 18.2 Å². The second kappa shape index (κ2) is 10.0. The van der Waals surface area contributed by atoms with Crippen LogP contribution in [-0.4, -0.2) is 12.1 Å². The van der Waals surface area contributed by atoms with Gasteiger partial charge in [0.05, 0.1) is 12.6 Å². The molecule has 3 aromatic rings. The van der Waals surface area contributed by atoms with E-state index in [4.69, 9.17) is 27.9 Å². The summed E-state index contributed by atoms with van der Waals surface area (Å²) in [6.07, 6.45) is 1.60. The van der Waals surface area contributed by atoms with E-state index in [0.29, 0.717) is 26.9 Å². The predicted molar refractivity (Wildman–Crippen MR) is 113 cm³/mol. The number of carbonyl (C=O) groups is 1. The highest BCUT2D eigenvalue weighted by molar-refractivity contribution is 6.35. The third kappa shape index (κ3) is 6.31. The third-order valence-corrected chi connectivity index (χ3v) is 4.58. The topological polar surface area (TPSA) is 50.7 Å². The van der Waals surface area contributed by atoms with E-state index in [9.17, 15) is 9.18 Å². The van der Waals surface area contributed by atoms with Gasteiger partial charge in [-0.15, -0.1) is 0 Å². The van der Waals surface area contributed by atoms with E-state index in [0.717, 1.165) is 5.56 Å². The van der Waals surface area contributed by atoms with Crippen molar-refractivity contribution >= 4 is 35.3 Å². The molecule has 3 aromatic carbocycles. The molecule has 0 spiro atoms. The summed E-state index contributed by atoms with van der Waals surface area (Å²) in [5.41, 5.74) is 4.65. The lowest BCUT2D eigenvalue weighted by Gasteiger charge is -2.10. The number of nitrogens with zero attached hydrogens (tertiary/aromatic N) is 1. The summed E-state index contributed by atoms with van der Waals surface area (Å²) in [6, 6.07) is 18.2. The quantitative estimate of drug-likeness (QED) is 0.402. The van der Waals surface area contributed by atoms with Crippen molar-refractivity contribution in [2.24, 2.45) is 5.10 Å². The van der Waals surface area contributed by atoms with Gasteiger partial charge in [-0.2, -0.15) is 5.10 Å². The van der Waals surface area contributed by atoms with Crippen molar-refractivity contribution in [1.29, 1.82) is 0 Å². The molecule has 0 fully saturated rings. The first kappa shape index (κ1) is 20.8. The Balaban J connectivity index is 1.59. The predicted octanol–water partition coefficient (Wildman–Crippen LogP) is 5.40. The summed E-state index contributed by atoms with van der Waals surface area (Å²) < 4.78 is 18.8. The van der Waals surface area contributed by atoms with Gasteiger partial charge in [-0.1, -0.05) is 53.5 Å². The second-order valence-corrected chi connectivity index (χ2v) is 7.00. The van der Waals surface area contributed by atoms with Crippen LogP contribution in [0.5, 0.6) is 5.75 Å². The summed E-state index contributed by atoms with van der Waals surface area (Å²) in [4.78, 5) is 12.0. The zero-order valence-corrected chi connectivity index (χ0v) is 16.8. The van der Waals surface area contributed by atoms with Crippen molar-refractivity contribution in [3.8, 4) is 5.75 Å². The number of nitrogens with one attached hydrogen (secondary N) is 1. The van der Waals surface area contributed by atoms with Gasteiger partial charge in [-0.3, -0.25) is 4.79 Å².